The zero-order chi connectivity index (χ0) is 14.5. The van der Waals surface area contributed by atoms with Gasteiger partial charge in [0.15, 0.2) is 0 Å². The minimum atomic E-state index is -0.414. The van der Waals surface area contributed by atoms with Crippen LogP contribution >= 0.6 is 15.9 Å². The minimum Gasteiger partial charge on any atom is -0.497 e. The molecule has 0 aliphatic heterocycles. The van der Waals surface area contributed by atoms with E-state index in [2.05, 4.69) is 21.2 Å². The molecule has 6 heteroatoms. The molecule has 0 heterocycles. The van der Waals surface area contributed by atoms with E-state index in [9.17, 15) is 10.1 Å². The number of nitrogens with one attached hydrogen (secondary N) is 1. The van der Waals surface area contributed by atoms with Gasteiger partial charge < -0.3 is 10.1 Å². The van der Waals surface area contributed by atoms with Gasteiger partial charge in [-0.1, -0.05) is 12.1 Å². The maximum Gasteiger partial charge on any atom is 0.285 e. The number of rotatable bonds is 5. The third kappa shape index (κ3) is 3.48. The van der Waals surface area contributed by atoms with Crippen molar-refractivity contribution in [1.82, 2.24) is 0 Å². The Morgan fingerprint density at radius 2 is 1.95 bits per heavy atom. The Hall–Kier alpha value is -2.08. The Morgan fingerprint density at radius 1 is 1.25 bits per heavy atom. The number of anilines is 1. The van der Waals surface area contributed by atoms with Crippen LogP contribution in [0.15, 0.2) is 46.9 Å². The fraction of sp³-hybridized carbons (Fsp3) is 0.143. The minimum absolute atomic E-state index is 0.0460. The molecule has 0 bridgehead atoms. The molecule has 0 spiro atoms. The molecule has 0 aliphatic carbocycles. The summed E-state index contributed by atoms with van der Waals surface area (Å²) in [5.74, 6) is 0.799. The summed E-state index contributed by atoms with van der Waals surface area (Å²) >= 11 is 3.16. The number of nitro benzene ring substituents is 1. The number of benzene rings is 2. The quantitative estimate of drug-likeness (QED) is 0.662. The van der Waals surface area contributed by atoms with Gasteiger partial charge >= 0.3 is 0 Å². The molecule has 5 nitrogen and oxygen atoms in total. The van der Waals surface area contributed by atoms with E-state index in [-0.39, 0.29) is 5.69 Å². The predicted molar refractivity (Wildman–Crippen MR) is 81.1 cm³/mol. The SMILES string of the molecule is COc1ccc(CNc2ccc(Br)c([N+](=O)[O-])c2)cc1. The number of halogens is 1. The number of methoxy groups -OCH3 is 1. The second kappa shape index (κ2) is 6.38. The van der Waals surface area contributed by atoms with Crippen molar-refractivity contribution >= 4 is 27.3 Å². The smallest absolute Gasteiger partial charge is 0.285 e. The summed E-state index contributed by atoms with van der Waals surface area (Å²) in [7, 11) is 1.62. The van der Waals surface area contributed by atoms with Crippen LogP contribution in [-0.2, 0) is 6.54 Å². The van der Waals surface area contributed by atoms with Gasteiger partial charge in [-0.2, -0.15) is 0 Å². The normalized spacial score (nSPS) is 10.1. The summed E-state index contributed by atoms with van der Waals surface area (Å²) in [6, 6.07) is 12.6. The standard InChI is InChI=1S/C14H13BrN2O3/c1-20-12-5-2-10(3-6-12)9-16-11-4-7-13(15)14(8-11)17(18)19/h2-8,16H,9H2,1H3. The lowest BCUT2D eigenvalue weighted by atomic mass is 10.2. The van der Waals surface area contributed by atoms with Crippen LogP contribution in [0.2, 0.25) is 0 Å². The van der Waals surface area contributed by atoms with Gasteiger partial charge in [0.25, 0.3) is 5.69 Å². The molecular weight excluding hydrogens is 324 g/mol. The number of nitrogens with zero attached hydrogens (tertiary/aromatic N) is 1. The van der Waals surface area contributed by atoms with Gasteiger partial charge in [-0.15, -0.1) is 0 Å². The maximum atomic E-state index is 10.9. The molecule has 0 saturated carbocycles. The van der Waals surface area contributed by atoms with Gasteiger partial charge in [-0.25, -0.2) is 0 Å². The first-order valence-electron chi connectivity index (χ1n) is 5.91. The molecule has 104 valence electrons. The summed E-state index contributed by atoms with van der Waals surface area (Å²) in [4.78, 5) is 10.4. The van der Waals surface area contributed by atoms with E-state index in [0.717, 1.165) is 11.3 Å². The summed E-state index contributed by atoms with van der Waals surface area (Å²) in [5.41, 5.74) is 1.82. The Labute approximate surface area is 124 Å². The molecule has 1 N–H and O–H groups in total. The highest BCUT2D eigenvalue weighted by atomic mass is 79.9. The van der Waals surface area contributed by atoms with Crippen LogP contribution < -0.4 is 10.1 Å². The highest BCUT2D eigenvalue weighted by Gasteiger charge is 2.11. The lowest BCUT2D eigenvalue weighted by molar-refractivity contribution is -0.385. The third-order valence-corrected chi connectivity index (χ3v) is 3.47. The van der Waals surface area contributed by atoms with Crippen molar-refractivity contribution in [3.8, 4) is 5.75 Å². The van der Waals surface area contributed by atoms with Crippen LogP contribution in [0.3, 0.4) is 0 Å². The van der Waals surface area contributed by atoms with Crippen molar-refractivity contribution < 1.29 is 9.66 Å². The van der Waals surface area contributed by atoms with E-state index in [1.165, 1.54) is 6.07 Å². The molecule has 0 aromatic heterocycles. The zero-order valence-corrected chi connectivity index (χ0v) is 12.4. The van der Waals surface area contributed by atoms with Crippen LogP contribution in [0.5, 0.6) is 5.75 Å². The first-order chi connectivity index (χ1) is 9.60. The molecule has 0 fully saturated rings. The molecule has 0 radical (unpaired) electrons. The molecule has 2 rings (SSSR count). The summed E-state index contributed by atoms with van der Waals surface area (Å²) in [6.45, 7) is 0.586. The van der Waals surface area contributed by atoms with Crippen molar-refractivity contribution in [3.05, 3.63) is 62.6 Å². The average Bonchev–Trinajstić information content (AvgIpc) is 2.46. The molecule has 0 atom stereocenters. The molecule has 0 saturated heterocycles. The molecule has 20 heavy (non-hydrogen) atoms. The predicted octanol–water partition coefficient (Wildman–Crippen LogP) is 3.98. The van der Waals surface area contributed by atoms with Gasteiger partial charge in [0.05, 0.1) is 16.5 Å². The molecule has 2 aromatic rings. The van der Waals surface area contributed by atoms with Crippen molar-refractivity contribution in [1.29, 1.82) is 0 Å². The molecule has 2 aromatic carbocycles. The highest BCUT2D eigenvalue weighted by molar-refractivity contribution is 9.10. The second-order valence-corrected chi connectivity index (χ2v) is 4.98. The summed E-state index contributed by atoms with van der Waals surface area (Å²) in [6.07, 6.45) is 0. The number of hydrogen-bond donors (Lipinski definition) is 1. The van der Waals surface area contributed by atoms with Gasteiger partial charge in [0.2, 0.25) is 0 Å². The summed E-state index contributed by atoms with van der Waals surface area (Å²) < 4.78 is 5.56. The van der Waals surface area contributed by atoms with Crippen LogP contribution in [-0.4, -0.2) is 12.0 Å². The van der Waals surface area contributed by atoms with Gasteiger partial charge in [0, 0.05) is 18.3 Å². The van der Waals surface area contributed by atoms with Crippen molar-refractivity contribution in [3.63, 3.8) is 0 Å². The third-order valence-electron chi connectivity index (χ3n) is 2.80. The number of hydrogen-bond acceptors (Lipinski definition) is 4. The first kappa shape index (κ1) is 14.3. The van der Waals surface area contributed by atoms with Crippen molar-refractivity contribution in [2.45, 2.75) is 6.54 Å². The zero-order valence-electron chi connectivity index (χ0n) is 10.8. The van der Waals surface area contributed by atoms with E-state index < -0.39 is 4.92 Å². The monoisotopic (exact) mass is 336 g/mol. The van der Waals surface area contributed by atoms with Gasteiger partial charge in [0.1, 0.15) is 5.75 Å². The Bertz CT molecular complexity index is 614. The Balaban J connectivity index is 2.06. The molecule has 0 amide bonds. The summed E-state index contributed by atoms with van der Waals surface area (Å²) in [5, 5.41) is 14.0. The van der Waals surface area contributed by atoms with Crippen LogP contribution in [0, 0.1) is 10.1 Å². The first-order valence-corrected chi connectivity index (χ1v) is 6.70. The Kier molecular flexibility index (Phi) is 4.57. The van der Waals surface area contributed by atoms with E-state index in [0.29, 0.717) is 16.7 Å². The van der Waals surface area contributed by atoms with E-state index in [1.807, 2.05) is 24.3 Å². The van der Waals surface area contributed by atoms with Crippen molar-refractivity contribution in [2.75, 3.05) is 12.4 Å². The van der Waals surface area contributed by atoms with Gasteiger partial charge in [-0.3, -0.25) is 10.1 Å². The van der Waals surface area contributed by atoms with Crippen LogP contribution in [0.1, 0.15) is 5.56 Å². The fourth-order valence-electron chi connectivity index (χ4n) is 1.71. The van der Waals surface area contributed by atoms with Crippen molar-refractivity contribution in [2.24, 2.45) is 0 Å². The molecule has 0 unspecified atom stereocenters. The highest BCUT2D eigenvalue weighted by Crippen LogP contribution is 2.28. The van der Waals surface area contributed by atoms with E-state index in [1.54, 1.807) is 19.2 Å². The Morgan fingerprint density at radius 3 is 2.55 bits per heavy atom. The largest absolute Gasteiger partial charge is 0.497 e. The maximum absolute atomic E-state index is 10.9. The number of nitro groups is 1. The lowest BCUT2D eigenvalue weighted by Crippen LogP contribution is -2.00. The molecular formula is C14H13BrN2O3. The van der Waals surface area contributed by atoms with Crippen LogP contribution in [0.25, 0.3) is 0 Å². The lowest BCUT2D eigenvalue weighted by Gasteiger charge is -2.07. The topological polar surface area (TPSA) is 64.4 Å². The molecule has 0 aliphatic rings. The number of ether oxygens (including phenoxy) is 1. The fourth-order valence-corrected chi connectivity index (χ4v) is 2.10. The van der Waals surface area contributed by atoms with E-state index >= 15 is 0 Å². The van der Waals surface area contributed by atoms with E-state index in [4.69, 9.17) is 4.74 Å². The second-order valence-electron chi connectivity index (χ2n) is 4.12. The van der Waals surface area contributed by atoms with Crippen LogP contribution in [0.4, 0.5) is 11.4 Å². The average molecular weight is 337 g/mol. The van der Waals surface area contributed by atoms with Gasteiger partial charge in [-0.05, 0) is 45.8 Å².